The number of hydrogen-bond acceptors (Lipinski definition) is 0. The minimum Gasteiger partial charge on any atom is -0.0722 e. The first-order valence-electron chi connectivity index (χ1n) is 8.72. The molecule has 0 N–H and O–H groups in total. The molecule has 4 aliphatic rings. The Balaban J connectivity index is 1.90. The topological polar surface area (TPSA) is 0 Å². The highest BCUT2D eigenvalue weighted by molar-refractivity contribution is 6.08. The molecule has 7 rings (SSSR count). The quantitative estimate of drug-likeness (QED) is 0.588. The van der Waals surface area contributed by atoms with Crippen molar-refractivity contribution in [2.75, 3.05) is 0 Å². The summed E-state index contributed by atoms with van der Waals surface area (Å²) < 4.78 is 0. The van der Waals surface area contributed by atoms with Gasteiger partial charge in [-0.3, -0.25) is 0 Å². The van der Waals surface area contributed by atoms with Crippen LogP contribution in [0.4, 0.5) is 0 Å². The maximum atomic E-state index is 2.41. The van der Waals surface area contributed by atoms with Crippen molar-refractivity contribution in [1.29, 1.82) is 0 Å². The SMILES string of the molecule is C1=Cc2ccc3ccc4c5c3c2C2C1=CC=c1ccc(c-5c12)=CC4. The van der Waals surface area contributed by atoms with E-state index < -0.39 is 0 Å². The van der Waals surface area contributed by atoms with E-state index in [0.29, 0.717) is 5.92 Å². The fourth-order valence-corrected chi connectivity index (χ4v) is 5.29. The molecule has 0 spiro atoms. The molecule has 24 heavy (non-hydrogen) atoms. The van der Waals surface area contributed by atoms with Crippen LogP contribution in [0.25, 0.3) is 40.1 Å². The predicted octanol–water partition coefficient (Wildman–Crippen LogP) is 4.04. The van der Waals surface area contributed by atoms with Crippen LogP contribution in [-0.2, 0) is 6.42 Å². The van der Waals surface area contributed by atoms with E-state index in [-0.39, 0.29) is 0 Å². The molecule has 0 fully saturated rings. The second-order valence-corrected chi connectivity index (χ2v) is 7.31. The maximum absolute atomic E-state index is 2.41. The molecule has 0 radical (unpaired) electrons. The van der Waals surface area contributed by atoms with Crippen molar-refractivity contribution in [2.45, 2.75) is 12.3 Å². The Hall–Kier alpha value is -2.86. The third-order valence-corrected chi connectivity index (χ3v) is 6.27. The smallest absolute Gasteiger partial charge is 0.0364 e. The van der Waals surface area contributed by atoms with Crippen LogP contribution in [0.2, 0.25) is 0 Å². The van der Waals surface area contributed by atoms with Gasteiger partial charge in [0.05, 0.1) is 0 Å². The van der Waals surface area contributed by atoms with Crippen molar-refractivity contribution >= 4 is 29.0 Å². The first-order valence-corrected chi connectivity index (χ1v) is 8.72. The van der Waals surface area contributed by atoms with E-state index in [9.17, 15) is 0 Å². The summed E-state index contributed by atoms with van der Waals surface area (Å²) in [7, 11) is 0. The van der Waals surface area contributed by atoms with E-state index in [1.165, 1.54) is 49.0 Å². The van der Waals surface area contributed by atoms with Gasteiger partial charge in [0.25, 0.3) is 0 Å². The Morgan fingerprint density at radius 2 is 1.67 bits per heavy atom. The van der Waals surface area contributed by atoms with Crippen LogP contribution in [0.15, 0.2) is 54.1 Å². The van der Waals surface area contributed by atoms with Crippen molar-refractivity contribution in [3.05, 3.63) is 86.8 Å². The summed E-state index contributed by atoms with van der Waals surface area (Å²) in [5, 5.41) is 5.72. The third-order valence-electron chi connectivity index (χ3n) is 6.27. The van der Waals surface area contributed by atoms with Gasteiger partial charge in [-0.1, -0.05) is 66.8 Å². The Morgan fingerprint density at radius 1 is 0.750 bits per heavy atom. The molecule has 4 aliphatic carbocycles. The summed E-state index contributed by atoms with van der Waals surface area (Å²) in [4.78, 5) is 0. The van der Waals surface area contributed by atoms with Crippen LogP contribution in [-0.4, -0.2) is 0 Å². The van der Waals surface area contributed by atoms with Crippen LogP contribution in [0.3, 0.4) is 0 Å². The highest BCUT2D eigenvalue weighted by Crippen LogP contribution is 2.52. The lowest BCUT2D eigenvalue weighted by atomic mass is 9.66. The molecule has 3 aromatic carbocycles. The van der Waals surface area contributed by atoms with Crippen molar-refractivity contribution in [2.24, 2.45) is 0 Å². The Morgan fingerprint density at radius 3 is 2.67 bits per heavy atom. The van der Waals surface area contributed by atoms with Crippen molar-refractivity contribution in [3.63, 3.8) is 0 Å². The average molecular weight is 302 g/mol. The Labute approximate surface area is 139 Å². The molecular formula is C24H14. The van der Waals surface area contributed by atoms with E-state index in [1.54, 1.807) is 11.1 Å². The molecule has 1 atom stereocenters. The van der Waals surface area contributed by atoms with Crippen molar-refractivity contribution in [3.8, 4) is 11.1 Å². The monoisotopic (exact) mass is 302 g/mol. The summed E-state index contributed by atoms with van der Waals surface area (Å²) in [6.07, 6.45) is 12.7. The van der Waals surface area contributed by atoms with E-state index in [1.807, 2.05) is 0 Å². The molecule has 0 saturated carbocycles. The molecule has 0 bridgehead atoms. The zero-order valence-electron chi connectivity index (χ0n) is 13.1. The van der Waals surface area contributed by atoms with Gasteiger partial charge < -0.3 is 0 Å². The van der Waals surface area contributed by atoms with Gasteiger partial charge in [0.15, 0.2) is 0 Å². The molecule has 0 aliphatic heterocycles. The lowest BCUT2D eigenvalue weighted by Crippen LogP contribution is -2.30. The molecule has 0 heteroatoms. The van der Waals surface area contributed by atoms with Crippen LogP contribution < -0.4 is 10.4 Å². The highest BCUT2D eigenvalue weighted by atomic mass is 14.4. The summed E-state index contributed by atoms with van der Waals surface area (Å²) >= 11 is 0. The summed E-state index contributed by atoms with van der Waals surface area (Å²) in [5.74, 6) is 0.415. The highest BCUT2D eigenvalue weighted by Gasteiger charge is 2.36. The molecule has 0 heterocycles. The van der Waals surface area contributed by atoms with E-state index in [2.05, 4.69) is 66.8 Å². The van der Waals surface area contributed by atoms with Gasteiger partial charge in [-0.15, -0.1) is 0 Å². The first-order chi connectivity index (χ1) is 11.9. The number of rotatable bonds is 0. The molecule has 0 saturated heterocycles. The fraction of sp³-hybridized carbons (Fsp3) is 0.0833. The Bertz CT molecular complexity index is 1310. The minimum absolute atomic E-state index is 0.415. The normalized spacial score (nSPS) is 19.8. The van der Waals surface area contributed by atoms with Gasteiger partial charge in [-0.25, -0.2) is 0 Å². The van der Waals surface area contributed by atoms with Gasteiger partial charge in [-0.05, 0) is 66.6 Å². The van der Waals surface area contributed by atoms with Gasteiger partial charge >= 0.3 is 0 Å². The standard InChI is InChI=1S/C24H14/c1-2-14-5-6-16-9-11-18-12-10-17-8-7-15-4-3-13(1)19-20(14)22(16)24(18)23(17)21(15)19/h1-11,19H,12H2. The predicted molar refractivity (Wildman–Crippen MR) is 100 cm³/mol. The van der Waals surface area contributed by atoms with Crippen LogP contribution in [0.5, 0.6) is 0 Å². The summed E-state index contributed by atoms with van der Waals surface area (Å²) in [6, 6.07) is 13.9. The van der Waals surface area contributed by atoms with E-state index in [4.69, 9.17) is 0 Å². The van der Waals surface area contributed by atoms with Gasteiger partial charge in [0.1, 0.15) is 0 Å². The fourth-order valence-electron chi connectivity index (χ4n) is 5.29. The second kappa shape index (κ2) is 3.62. The molecule has 110 valence electrons. The maximum Gasteiger partial charge on any atom is 0.0364 e. The van der Waals surface area contributed by atoms with E-state index in [0.717, 1.165) is 6.42 Å². The molecule has 0 aromatic heterocycles. The number of allylic oxidation sites excluding steroid dienone is 3. The van der Waals surface area contributed by atoms with Crippen LogP contribution in [0, 0.1) is 0 Å². The molecule has 0 nitrogen and oxygen atoms in total. The Kier molecular flexibility index (Phi) is 1.76. The van der Waals surface area contributed by atoms with Gasteiger partial charge in [0.2, 0.25) is 0 Å². The van der Waals surface area contributed by atoms with Gasteiger partial charge in [0, 0.05) is 5.92 Å². The molecule has 3 aromatic rings. The summed E-state index contributed by atoms with van der Waals surface area (Å²) in [5.41, 5.74) is 10.4. The van der Waals surface area contributed by atoms with E-state index >= 15 is 0 Å². The lowest BCUT2D eigenvalue weighted by Gasteiger charge is -2.37. The third kappa shape index (κ3) is 1.12. The van der Waals surface area contributed by atoms with Crippen LogP contribution >= 0.6 is 0 Å². The zero-order chi connectivity index (χ0) is 15.4. The van der Waals surface area contributed by atoms with Crippen molar-refractivity contribution in [1.82, 2.24) is 0 Å². The van der Waals surface area contributed by atoms with Gasteiger partial charge in [-0.2, -0.15) is 0 Å². The molecule has 0 amide bonds. The number of hydrogen-bond donors (Lipinski definition) is 0. The molecule has 1 unspecified atom stereocenters. The number of benzene rings is 3. The minimum atomic E-state index is 0.415. The average Bonchev–Trinajstić information content (AvgIpc) is 2.65. The lowest BCUT2D eigenvalue weighted by molar-refractivity contribution is 0.947. The summed E-state index contributed by atoms with van der Waals surface area (Å²) in [6.45, 7) is 0. The van der Waals surface area contributed by atoms with Crippen molar-refractivity contribution < 1.29 is 0 Å². The molecular weight excluding hydrogens is 288 g/mol. The largest absolute Gasteiger partial charge is 0.0722 e. The zero-order valence-corrected chi connectivity index (χ0v) is 13.1. The second-order valence-electron chi connectivity index (χ2n) is 7.31. The first kappa shape index (κ1) is 11.6. The van der Waals surface area contributed by atoms with Crippen LogP contribution in [0.1, 0.15) is 28.2 Å².